The Morgan fingerprint density at radius 1 is 1.33 bits per heavy atom. The lowest BCUT2D eigenvalue weighted by molar-refractivity contribution is -0.130. The van der Waals surface area contributed by atoms with E-state index < -0.39 is 0 Å². The van der Waals surface area contributed by atoms with Crippen LogP contribution in [0.3, 0.4) is 0 Å². The van der Waals surface area contributed by atoms with E-state index in [2.05, 4.69) is 20.3 Å². The number of hydrogen-bond acceptors (Lipinski definition) is 5. The van der Waals surface area contributed by atoms with Gasteiger partial charge in [-0.05, 0) is 44.2 Å². The molecule has 6 heteroatoms. The molecule has 1 unspecified atom stereocenters. The Balaban J connectivity index is 1.66. The summed E-state index contributed by atoms with van der Waals surface area (Å²) in [6.07, 6.45) is 4.64. The first-order valence-corrected chi connectivity index (χ1v) is 8.37. The number of aryl methyl sites for hydroxylation is 1. The SMILES string of the molecule is CC(=O)N1CCCC(Cc2cc(Nc3cccc(C)n3)ncn2)C1. The lowest BCUT2D eigenvalue weighted by atomic mass is 9.93. The van der Waals surface area contributed by atoms with Crippen LogP contribution in [-0.2, 0) is 11.2 Å². The summed E-state index contributed by atoms with van der Waals surface area (Å²) in [4.78, 5) is 26.6. The van der Waals surface area contributed by atoms with Gasteiger partial charge >= 0.3 is 0 Å². The Morgan fingerprint density at radius 2 is 2.21 bits per heavy atom. The molecule has 1 aliphatic heterocycles. The standard InChI is InChI=1S/C18H23N5O/c1-13-5-3-7-17(21-13)22-18-10-16(19-12-20-18)9-15-6-4-8-23(11-15)14(2)24/h3,5,7,10,12,15H,4,6,8-9,11H2,1-2H3,(H,19,20,21,22). The second-order valence-corrected chi connectivity index (χ2v) is 6.36. The van der Waals surface area contributed by atoms with E-state index in [-0.39, 0.29) is 5.91 Å². The molecular formula is C18H23N5O. The Kier molecular flexibility index (Phi) is 5.03. The maximum Gasteiger partial charge on any atom is 0.219 e. The molecule has 1 fully saturated rings. The van der Waals surface area contributed by atoms with Crippen LogP contribution < -0.4 is 5.32 Å². The van der Waals surface area contributed by atoms with E-state index in [0.29, 0.717) is 5.92 Å². The van der Waals surface area contributed by atoms with Crippen molar-refractivity contribution in [3.63, 3.8) is 0 Å². The molecule has 6 nitrogen and oxygen atoms in total. The highest BCUT2D eigenvalue weighted by molar-refractivity contribution is 5.73. The quantitative estimate of drug-likeness (QED) is 0.936. The molecule has 2 aromatic heterocycles. The number of anilines is 2. The van der Waals surface area contributed by atoms with Crippen LogP contribution in [0.1, 0.15) is 31.2 Å². The van der Waals surface area contributed by atoms with Gasteiger partial charge in [-0.25, -0.2) is 15.0 Å². The average molecular weight is 325 g/mol. The topological polar surface area (TPSA) is 71.0 Å². The monoisotopic (exact) mass is 325 g/mol. The molecule has 126 valence electrons. The molecule has 0 saturated carbocycles. The van der Waals surface area contributed by atoms with Crippen molar-refractivity contribution in [2.75, 3.05) is 18.4 Å². The predicted molar refractivity (Wildman–Crippen MR) is 93.0 cm³/mol. The molecule has 0 aromatic carbocycles. The van der Waals surface area contributed by atoms with Crippen LogP contribution in [-0.4, -0.2) is 38.8 Å². The second kappa shape index (κ2) is 7.38. The fourth-order valence-corrected chi connectivity index (χ4v) is 3.13. The molecule has 3 heterocycles. The second-order valence-electron chi connectivity index (χ2n) is 6.36. The Hall–Kier alpha value is -2.50. The average Bonchev–Trinajstić information content (AvgIpc) is 2.55. The van der Waals surface area contributed by atoms with Gasteiger partial charge in [-0.15, -0.1) is 0 Å². The number of carbonyl (C=O) groups excluding carboxylic acids is 1. The van der Waals surface area contributed by atoms with Crippen LogP contribution in [0, 0.1) is 12.8 Å². The molecule has 2 aromatic rings. The van der Waals surface area contributed by atoms with Crippen LogP contribution in [0.2, 0.25) is 0 Å². The number of carbonyl (C=O) groups is 1. The summed E-state index contributed by atoms with van der Waals surface area (Å²) >= 11 is 0. The fraction of sp³-hybridized carbons (Fsp3) is 0.444. The van der Waals surface area contributed by atoms with Crippen LogP contribution in [0.5, 0.6) is 0 Å². The van der Waals surface area contributed by atoms with Gasteiger partial charge in [0, 0.05) is 37.5 Å². The number of hydrogen-bond donors (Lipinski definition) is 1. The zero-order chi connectivity index (χ0) is 16.9. The van der Waals surface area contributed by atoms with E-state index in [1.807, 2.05) is 36.1 Å². The van der Waals surface area contributed by atoms with Gasteiger partial charge in [-0.1, -0.05) is 6.07 Å². The maximum atomic E-state index is 11.6. The minimum absolute atomic E-state index is 0.162. The van der Waals surface area contributed by atoms with E-state index in [4.69, 9.17) is 0 Å². The predicted octanol–water partition coefficient (Wildman–Crippen LogP) is 2.72. The van der Waals surface area contributed by atoms with Crippen molar-refractivity contribution >= 4 is 17.5 Å². The molecule has 1 amide bonds. The van der Waals surface area contributed by atoms with Crippen molar-refractivity contribution in [3.05, 3.63) is 42.0 Å². The number of rotatable bonds is 4. The minimum Gasteiger partial charge on any atom is -0.343 e. The molecule has 0 radical (unpaired) electrons. The van der Waals surface area contributed by atoms with E-state index in [0.717, 1.165) is 55.4 Å². The summed E-state index contributed by atoms with van der Waals surface area (Å²) in [6.45, 7) is 5.30. The van der Waals surface area contributed by atoms with Gasteiger partial charge in [0.05, 0.1) is 0 Å². The summed E-state index contributed by atoms with van der Waals surface area (Å²) in [5.41, 5.74) is 1.95. The van der Waals surface area contributed by atoms with Gasteiger partial charge in [-0.2, -0.15) is 0 Å². The number of aromatic nitrogens is 3. The van der Waals surface area contributed by atoms with Gasteiger partial charge in [0.25, 0.3) is 0 Å². The highest BCUT2D eigenvalue weighted by Gasteiger charge is 2.22. The van der Waals surface area contributed by atoms with E-state index in [9.17, 15) is 4.79 Å². The zero-order valence-electron chi connectivity index (χ0n) is 14.2. The van der Waals surface area contributed by atoms with Gasteiger partial charge in [-0.3, -0.25) is 4.79 Å². The van der Waals surface area contributed by atoms with E-state index >= 15 is 0 Å². The Bertz CT molecular complexity index is 718. The first-order valence-electron chi connectivity index (χ1n) is 8.37. The highest BCUT2D eigenvalue weighted by atomic mass is 16.2. The Morgan fingerprint density at radius 3 is 3.00 bits per heavy atom. The molecule has 1 aliphatic rings. The van der Waals surface area contributed by atoms with Crippen molar-refractivity contribution in [1.82, 2.24) is 19.9 Å². The molecule has 1 atom stereocenters. The van der Waals surface area contributed by atoms with Crippen LogP contribution >= 0.6 is 0 Å². The summed E-state index contributed by atoms with van der Waals surface area (Å²) < 4.78 is 0. The van der Waals surface area contributed by atoms with Crippen molar-refractivity contribution < 1.29 is 4.79 Å². The largest absolute Gasteiger partial charge is 0.343 e. The number of nitrogens with one attached hydrogen (secondary N) is 1. The summed E-state index contributed by atoms with van der Waals surface area (Å²) in [7, 11) is 0. The molecular weight excluding hydrogens is 302 g/mol. The Labute approximate surface area is 142 Å². The molecule has 0 aliphatic carbocycles. The van der Waals surface area contributed by atoms with Gasteiger partial charge in [0.1, 0.15) is 18.0 Å². The number of amides is 1. The number of likely N-dealkylation sites (tertiary alicyclic amines) is 1. The first kappa shape index (κ1) is 16.4. The molecule has 3 rings (SSSR count). The van der Waals surface area contributed by atoms with Crippen LogP contribution in [0.15, 0.2) is 30.6 Å². The molecule has 24 heavy (non-hydrogen) atoms. The van der Waals surface area contributed by atoms with Crippen molar-refractivity contribution in [3.8, 4) is 0 Å². The van der Waals surface area contributed by atoms with Crippen molar-refractivity contribution in [2.24, 2.45) is 5.92 Å². The fourth-order valence-electron chi connectivity index (χ4n) is 3.13. The summed E-state index contributed by atoms with van der Waals surface area (Å²) in [5, 5.41) is 3.22. The third-order valence-electron chi connectivity index (χ3n) is 4.33. The maximum absolute atomic E-state index is 11.6. The molecule has 1 saturated heterocycles. The van der Waals surface area contributed by atoms with Crippen LogP contribution in [0.25, 0.3) is 0 Å². The molecule has 0 bridgehead atoms. The summed E-state index contributed by atoms with van der Waals surface area (Å²) in [6, 6.07) is 7.81. The zero-order valence-corrected chi connectivity index (χ0v) is 14.2. The first-order chi connectivity index (χ1) is 11.6. The third-order valence-corrected chi connectivity index (χ3v) is 4.33. The molecule has 1 N–H and O–H groups in total. The number of piperidine rings is 1. The molecule has 0 spiro atoms. The smallest absolute Gasteiger partial charge is 0.219 e. The highest BCUT2D eigenvalue weighted by Crippen LogP contribution is 2.21. The van der Waals surface area contributed by atoms with Gasteiger partial charge in [0.2, 0.25) is 5.91 Å². The number of pyridine rings is 1. The third kappa shape index (κ3) is 4.28. The normalized spacial score (nSPS) is 17.6. The van der Waals surface area contributed by atoms with Crippen molar-refractivity contribution in [1.29, 1.82) is 0 Å². The van der Waals surface area contributed by atoms with Gasteiger partial charge in [0.15, 0.2) is 0 Å². The van der Waals surface area contributed by atoms with E-state index in [1.54, 1.807) is 13.3 Å². The van der Waals surface area contributed by atoms with Crippen LogP contribution in [0.4, 0.5) is 11.6 Å². The number of nitrogens with zero attached hydrogens (tertiary/aromatic N) is 4. The minimum atomic E-state index is 0.162. The lowest BCUT2D eigenvalue weighted by Gasteiger charge is -2.31. The van der Waals surface area contributed by atoms with Crippen molar-refractivity contribution in [2.45, 2.75) is 33.1 Å². The van der Waals surface area contributed by atoms with E-state index in [1.165, 1.54) is 0 Å². The summed E-state index contributed by atoms with van der Waals surface area (Å²) in [5.74, 6) is 2.15. The lowest BCUT2D eigenvalue weighted by Crippen LogP contribution is -2.39. The van der Waals surface area contributed by atoms with Gasteiger partial charge < -0.3 is 10.2 Å².